The van der Waals surface area contributed by atoms with Crippen LogP contribution in [0.15, 0.2) is 30.6 Å². The average molecular weight is 410 g/mol. The third kappa shape index (κ3) is 4.50. The number of tetrazole rings is 1. The second-order valence-electron chi connectivity index (χ2n) is 9.26. The van der Waals surface area contributed by atoms with Crippen LogP contribution in [0.3, 0.4) is 0 Å². The van der Waals surface area contributed by atoms with E-state index in [-0.39, 0.29) is 0 Å². The van der Waals surface area contributed by atoms with Crippen LogP contribution in [0, 0.1) is 23.7 Å². The summed E-state index contributed by atoms with van der Waals surface area (Å²) in [4.78, 5) is 14.6. The molecule has 2 saturated carbocycles. The molecule has 2 atom stereocenters. The zero-order valence-corrected chi connectivity index (χ0v) is 17.5. The number of nitrogens with zero attached hydrogens (tertiary/aromatic N) is 5. The summed E-state index contributed by atoms with van der Waals surface area (Å²) in [6.07, 6.45) is 11.1. The summed E-state index contributed by atoms with van der Waals surface area (Å²) in [5.74, 6) is 4.43. The minimum Gasteiger partial charge on any atom is -0.494 e. The fourth-order valence-corrected chi connectivity index (χ4v) is 5.13. The van der Waals surface area contributed by atoms with E-state index in [1.807, 2.05) is 24.3 Å². The number of hydrogen-bond acceptors (Lipinski definition) is 5. The standard InChI is InChI=1S/C23H31N5O2/c29-23(14-17-2-1-3-17)27-11-8-18(9-12-27)22-15-19(22)10-13-30-21-6-4-20(5-7-21)28-16-24-25-26-28/h4-7,16-19,22H,1-3,8-15H2/t19-,22-/m1/s1. The van der Waals surface area contributed by atoms with Gasteiger partial charge in [0.1, 0.15) is 12.1 Å². The molecule has 1 aliphatic heterocycles. The van der Waals surface area contributed by atoms with Crippen LogP contribution in [0.2, 0.25) is 0 Å². The van der Waals surface area contributed by atoms with Gasteiger partial charge in [-0.2, -0.15) is 0 Å². The molecule has 1 saturated heterocycles. The summed E-state index contributed by atoms with van der Waals surface area (Å²) in [6, 6.07) is 7.87. The highest BCUT2D eigenvalue weighted by molar-refractivity contribution is 5.76. The van der Waals surface area contributed by atoms with Crippen molar-refractivity contribution in [3.05, 3.63) is 30.6 Å². The van der Waals surface area contributed by atoms with Crippen molar-refractivity contribution < 1.29 is 9.53 Å². The van der Waals surface area contributed by atoms with Gasteiger partial charge in [-0.15, -0.1) is 5.10 Å². The summed E-state index contributed by atoms with van der Waals surface area (Å²) in [5, 5.41) is 11.2. The zero-order chi connectivity index (χ0) is 20.3. The van der Waals surface area contributed by atoms with Gasteiger partial charge >= 0.3 is 0 Å². The lowest BCUT2D eigenvalue weighted by molar-refractivity contribution is -0.134. The lowest BCUT2D eigenvalue weighted by atomic mass is 9.82. The van der Waals surface area contributed by atoms with Crippen LogP contribution in [0.5, 0.6) is 5.75 Å². The molecular weight excluding hydrogens is 378 g/mol. The van der Waals surface area contributed by atoms with Gasteiger partial charge in [0, 0.05) is 19.5 Å². The first-order chi connectivity index (χ1) is 14.8. The number of carbonyl (C=O) groups excluding carboxylic acids is 1. The predicted molar refractivity (Wildman–Crippen MR) is 112 cm³/mol. The molecule has 2 aromatic rings. The third-order valence-corrected chi connectivity index (χ3v) is 7.37. The van der Waals surface area contributed by atoms with Crippen molar-refractivity contribution in [2.45, 2.75) is 51.4 Å². The van der Waals surface area contributed by atoms with E-state index >= 15 is 0 Å². The predicted octanol–water partition coefficient (Wildman–Crippen LogP) is 3.50. The second-order valence-corrected chi connectivity index (χ2v) is 9.26. The van der Waals surface area contributed by atoms with Gasteiger partial charge in [0.2, 0.25) is 5.91 Å². The first kappa shape index (κ1) is 19.5. The number of amides is 1. The quantitative estimate of drug-likeness (QED) is 0.667. The molecule has 0 spiro atoms. The largest absolute Gasteiger partial charge is 0.494 e. The van der Waals surface area contributed by atoms with Crippen molar-refractivity contribution >= 4 is 5.91 Å². The van der Waals surface area contributed by atoms with Gasteiger partial charge in [0.15, 0.2) is 0 Å². The highest BCUT2D eigenvalue weighted by Gasteiger charge is 2.43. The first-order valence-electron chi connectivity index (χ1n) is 11.5. The highest BCUT2D eigenvalue weighted by atomic mass is 16.5. The first-order valence-corrected chi connectivity index (χ1v) is 11.5. The van der Waals surface area contributed by atoms with Crippen LogP contribution in [0.4, 0.5) is 0 Å². The van der Waals surface area contributed by atoms with Crippen LogP contribution in [0.1, 0.15) is 51.4 Å². The van der Waals surface area contributed by atoms with Crippen molar-refractivity contribution in [3.8, 4) is 11.4 Å². The molecule has 5 rings (SSSR count). The second kappa shape index (κ2) is 8.74. The van der Waals surface area contributed by atoms with E-state index < -0.39 is 0 Å². The smallest absolute Gasteiger partial charge is 0.222 e. The molecular formula is C23H31N5O2. The Labute approximate surface area is 177 Å². The van der Waals surface area contributed by atoms with Crippen molar-refractivity contribution in [2.24, 2.45) is 23.7 Å². The minimum atomic E-state index is 0.407. The van der Waals surface area contributed by atoms with Gasteiger partial charge < -0.3 is 9.64 Å². The Hall–Kier alpha value is -2.44. The monoisotopic (exact) mass is 409 g/mol. The number of rotatable bonds is 8. The summed E-state index contributed by atoms with van der Waals surface area (Å²) in [7, 11) is 0. The molecule has 30 heavy (non-hydrogen) atoms. The Morgan fingerprint density at radius 1 is 1.10 bits per heavy atom. The lowest BCUT2D eigenvalue weighted by Gasteiger charge is -2.34. The SMILES string of the molecule is O=C(CC1CCC1)N1CCC([C@H]2C[C@H]2CCOc2ccc(-n3cnnn3)cc2)CC1. The molecule has 2 heterocycles. The van der Waals surface area contributed by atoms with Crippen LogP contribution in [0.25, 0.3) is 5.69 Å². The zero-order valence-electron chi connectivity index (χ0n) is 17.5. The molecule has 7 heteroatoms. The number of piperidine rings is 1. The van der Waals surface area contributed by atoms with Crippen LogP contribution in [-0.4, -0.2) is 50.7 Å². The van der Waals surface area contributed by atoms with Crippen molar-refractivity contribution in [1.82, 2.24) is 25.1 Å². The van der Waals surface area contributed by atoms with Gasteiger partial charge in [-0.25, -0.2) is 4.68 Å². The van der Waals surface area contributed by atoms with E-state index in [1.54, 1.807) is 11.0 Å². The van der Waals surface area contributed by atoms with E-state index in [1.165, 1.54) is 38.5 Å². The fraction of sp³-hybridized carbons (Fsp3) is 0.652. The number of aromatic nitrogens is 4. The van der Waals surface area contributed by atoms with Crippen LogP contribution in [-0.2, 0) is 4.79 Å². The van der Waals surface area contributed by atoms with Crippen molar-refractivity contribution in [2.75, 3.05) is 19.7 Å². The molecule has 160 valence electrons. The highest BCUT2D eigenvalue weighted by Crippen LogP contribution is 2.49. The summed E-state index contributed by atoms with van der Waals surface area (Å²) >= 11 is 0. The number of hydrogen-bond donors (Lipinski definition) is 0. The van der Waals surface area contributed by atoms with E-state index in [0.29, 0.717) is 11.8 Å². The minimum absolute atomic E-state index is 0.407. The molecule has 3 fully saturated rings. The summed E-state index contributed by atoms with van der Waals surface area (Å²) < 4.78 is 7.58. The molecule has 0 bridgehead atoms. The van der Waals surface area contributed by atoms with E-state index in [0.717, 1.165) is 61.7 Å². The molecule has 3 aliphatic rings. The van der Waals surface area contributed by atoms with Crippen LogP contribution < -0.4 is 4.74 Å². The van der Waals surface area contributed by atoms with Gasteiger partial charge in [-0.3, -0.25) is 4.79 Å². The maximum atomic E-state index is 12.4. The molecule has 1 aromatic heterocycles. The number of carbonyl (C=O) groups is 1. The molecule has 0 radical (unpaired) electrons. The topological polar surface area (TPSA) is 73.1 Å². The Balaban J connectivity index is 0.997. The fourth-order valence-electron chi connectivity index (χ4n) is 5.13. The van der Waals surface area contributed by atoms with Gasteiger partial charge in [0.25, 0.3) is 0 Å². The molecule has 1 amide bonds. The molecule has 7 nitrogen and oxygen atoms in total. The van der Waals surface area contributed by atoms with E-state index in [2.05, 4.69) is 20.4 Å². The molecule has 2 aliphatic carbocycles. The molecule has 0 N–H and O–H groups in total. The number of benzene rings is 1. The molecule has 1 aromatic carbocycles. The molecule has 0 unspecified atom stereocenters. The number of ether oxygens (including phenoxy) is 1. The van der Waals surface area contributed by atoms with Crippen molar-refractivity contribution in [1.29, 1.82) is 0 Å². The summed E-state index contributed by atoms with van der Waals surface area (Å²) in [6.45, 7) is 2.72. The Morgan fingerprint density at radius 2 is 1.90 bits per heavy atom. The maximum Gasteiger partial charge on any atom is 0.222 e. The summed E-state index contributed by atoms with van der Waals surface area (Å²) in [5.41, 5.74) is 0.923. The normalized spacial score (nSPS) is 24.5. The lowest BCUT2D eigenvalue weighted by Crippen LogP contribution is -2.40. The average Bonchev–Trinajstić information content (AvgIpc) is 3.30. The Bertz CT molecular complexity index is 826. The van der Waals surface area contributed by atoms with Gasteiger partial charge in [0.05, 0.1) is 12.3 Å². The number of likely N-dealkylation sites (tertiary alicyclic amines) is 1. The van der Waals surface area contributed by atoms with E-state index in [4.69, 9.17) is 4.74 Å². The van der Waals surface area contributed by atoms with Crippen molar-refractivity contribution in [3.63, 3.8) is 0 Å². The van der Waals surface area contributed by atoms with Gasteiger partial charge in [-0.05, 0) is 96.9 Å². The Morgan fingerprint density at radius 3 is 2.57 bits per heavy atom. The Kier molecular flexibility index (Phi) is 5.69. The van der Waals surface area contributed by atoms with Gasteiger partial charge in [-0.1, -0.05) is 6.42 Å². The van der Waals surface area contributed by atoms with E-state index in [9.17, 15) is 4.79 Å². The maximum absolute atomic E-state index is 12.4. The van der Waals surface area contributed by atoms with Crippen LogP contribution >= 0.6 is 0 Å². The third-order valence-electron chi connectivity index (χ3n) is 7.37.